The maximum atomic E-state index is 10.9. The molecule has 10 heavy (non-hydrogen) atoms. The normalized spacial score (nSPS) is 19.1. The molecule has 3 nitrogen and oxygen atoms in total. The molecule has 0 radical (unpaired) electrons. The number of nitrogens with one attached hydrogen (secondary N) is 1. The van der Waals surface area contributed by atoms with Gasteiger partial charge in [0.1, 0.15) is 5.88 Å². The second-order valence-electron chi connectivity index (χ2n) is 2.29. The molecule has 4 heteroatoms. The highest BCUT2D eigenvalue weighted by Gasteiger charge is 2.13. The lowest BCUT2D eigenvalue weighted by Crippen LogP contribution is -2.47. The third kappa shape index (κ3) is 1.85. The lowest BCUT2D eigenvalue weighted by atomic mass is 10.3. The highest BCUT2D eigenvalue weighted by Crippen LogP contribution is 1.99. The molecule has 0 aromatic carbocycles. The highest BCUT2D eigenvalue weighted by atomic mass is 35.5. The molecule has 0 aromatic rings. The monoisotopic (exact) mass is 162 g/mol. The number of amides is 1. The molecule has 0 saturated carbocycles. The Bertz CT molecular complexity index is 123. The van der Waals surface area contributed by atoms with Crippen molar-refractivity contribution in [3.8, 4) is 0 Å². The first-order valence-electron chi connectivity index (χ1n) is 3.44. The molecule has 0 aliphatic carbocycles. The molecule has 1 heterocycles. The molecule has 0 atom stereocenters. The lowest BCUT2D eigenvalue weighted by molar-refractivity contribution is -0.132. The van der Waals surface area contributed by atoms with E-state index in [1.165, 1.54) is 0 Å². The number of carbonyl (C=O) groups excluding carboxylic acids is 1. The minimum Gasteiger partial charge on any atom is -0.277 e. The molecule has 1 amide bonds. The van der Waals surface area contributed by atoms with Gasteiger partial charge in [-0.3, -0.25) is 9.80 Å². The van der Waals surface area contributed by atoms with Crippen LogP contribution in [-0.2, 0) is 4.79 Å². The molecule has 1 saturated heterocycles. The van der Waals surface area contributed by atoms with Gasteiger partial charge >= 0.3 is 0 Å². The van der Waals surface area contributed by atoms with Crippen molar-refractivity contribution < 1.29 is 4.79 Å². The molecule has 1 aliphatic rings. The van der Waals surface area contributed by atoms with Crippen LogP contribution in [-0.4, -0.2) is 29.9 Å². The van der Waals surface area contributed by atoms with Crippen molar-refractivity contribution in [3.63, 3.8) is 0 Å². The van der Waals surface area contributed by atoms with Crippen LogP contribution >= 0.6 is 11.6 Å². The Morgan fingerprint density at radius 1 is 1.60 bits per heavy atom. The van der Waals surface area contributed by atoms with Gasteiger partial charge in [-0.15, -0.1) is 11.6 Å². The fourth-order valence-electron chi connectivity index (χ4n) is 0.973. The summed E-state index contributed by atoms with van der Waals surface area (Å²) in [5, 5.41) is 1.59. The second-order valence-corrected chi connectivity index (χ2v) is 2.56. The van der Waals surface area contributed by atoms with E-state index in [1.54, 1.807) is 5.01 Å². The van der Waals surface area contributed by atoms with Crippen LogP contribution in [0.5, 0.6) is 0 Å². The molecular formula is C6H11ClN2O. The fourth-order valence-corrected chi connectivity index (χ4v) is 1.12. The van der Waals surface area contributed by atoms with Gasteiger partial charge in [-0.1, -0.05) is 0 Å². The Labute approximate surface area is 65.3 Å². The molecule has 0 aromatic heterocycles. The summed E-state index contributed by atoms with van der Waals surface area (Å²) < 4.78 is 0. The third-order valence-electron chi connectivity index (χ3n) is 1.53. The number of hydrogen-bond donors (Lipinski definition) is 1. The van der Waals surface area contributed by atoms with Gasteiger partial charge in [-0.2, -0.15) is 0 Å². The summed E-state index contributed by atoms with van der Waals surface area (Å²) >= 11 is 5.35. The zero-order valence-electron chi connectivity index (χ0n) is 5.77. The zero-order chi connectivity index (χ0) is 7.40. The first-order valence-corrected chi connectivity index (χ1v) is 3.98. The number of alkyl halides is 1. The van der Waals surface area contributed by atoms with E-state index < -0.39 is 0 Å². The topological polar surface area (TPSA) is 32.3 Å². The van der Waals surface area contributed by atoms with Crippen LogP contribution in [0.15, 0.2) is 0 Å². The maximum absolute atomic E-state index is 10.9. The second kappa shape index (κ2) is 3.78. The predicted molar refractivity (Wildman–Crippen MR) is 39.7 cm³/mol. The summed E-state index contributed by atoms with van der Waals surface area (Å²) in [6.07, 6.45) is 2.22. The first-order chi connectivity index (χ1) is 4.84. The molecule has 1 aliphatic heterocycles. The van der Waals surface area contributed by atoms with Crippen LogP contribution in [0.4, 0.5) is 0 Å². The molecule has 1 rings (SSSR count). The number of rotatable bonds is 1. The van der Waals surface area contributed by atoms with Crippen molar-refractivity contribution in [3.05, 3.63) is 0 Å². The molecule has 1 N–H and O–H groups in total. The summed E-state index contributed by atoms with van der Waals surface area (Å²) in [4.78, 5) is 10.9. The Morgan fingerprint density at radius 3 is 2.90 bits per heavy atom. The number of hydrogen-bond acceptors (Lipinski definition) is 2. The number of hydrazine groups is 1. The minimum absolute atomic E-state index is 0.0265. The largest absolute Gasteiger partial charge is 0.277 e. The molecular weight excluding hydrogens is 152 g/mol. The van der Waals surface area contributed by atoms with Gasteiger partial charge in [0.2, 0.25) is 0 Å². The first kappa shape index (κ1) is 7.82. The quantitative estimate of drug-likeness (QED) is 0.565. The fraction of sp³-hybridized carbons (Fsp3) is 0.833. The van der Waals surface area contributed by atoms with Gasteiger partial charge in [0, 0.05) is 13.1 Å². The summed E-state index contributed by atoms with van der Waals surface area (Å²) in [7, 11) is 0. The van der Waals surface area contributed by atoms with E-state index >= 15 is 0 Å². The Morgan fingerprint density at radius 2 is 2.40 bits per heavy atom. The van der Waals surface area contributed by atoms with Crippen molar-refractivity contribution in [1.29, 1.82) is 0 Å². The predicted octanol–water partition coefficient (Wildman–Crippen LogP) is 0.352. The Hall–Kier alpha value is -0.280. The summed E-state index contributed by atoms with van der Waals surface area (Å²) in [6, 6.07) is 0. The van der Waals surface area contributed by atoms with Crippen molar-refractivity contribution in [2.24, 2.45) is 0 Å². The maximum Gasteiger partial charge on any atom is 0.251 e. The van der Waals surface area contributed by atoms with Crippen LogP contribution in [0.1, 0.15) is 12.8 Å². The van der Waals surface area contributed by atoms with Crippen molar-refractivity contribution in [2.45, 2.75) is 12.8 Å². The van der Waals surface area contributed by atoms with E-state index in [1.807, 2.05) is 0 Å². The number of carbonyl (C=O) groups is 1. The molecule has 1 fully saturated rings. The van der Waals surface area contributed by atoms with E-state index in [9.17, 15) is 4.79 Å². The van der Waals surface area contributed by atoms with Gasteiger partial charge in [0.25, 0.3) is 5.91 Å². The van der Waals surface area contributed by atoms with Gasteiger partial charge in [0.05, 0.1) is 0 Å². The Balaban J connectivity index is 2.31. The van der Waals surface area contributed by atoms with Gasteiger partial charge < -0.3 is 0 Å². The van der Waals surface area contributed by atoms with Crippen LogP contribution in [0.25, 0.3) is 0 Å². The van der Waals surface area contributed by atoms with Crippen LogP contribution < -0.4 is 5.43 Å². The van der Waals surface area contributed by atoms with E-state index in [4.69, 9.17) is 11.6 Å². The minimum atomic E-state index is -0.0265. The molecule has 58 valence electrons. The van der Waals surface area contributed by atoms with Crippen molar-refractivity contribution in [2.75, 3.05) is 19.0 Å². The van der Waals surface area contributed by atoms with Gasteiger partial charge in [-0.05, 0) is 12.8 Å². The standard InChI is InChI=1S/C6H11ClN2O/c7-5-6(10)9-4-2-1-3-8-9/h8H,1-5H2. The summed E-state index contributed by atoms with van der Waals surface area (Å²) in [6.45, 7) is 1.69. The smallest absolute Gasteiger partial charge is 0.251 e. The average molecular weight is 163 g/mol. The van der Waals surface area contributed by atoms with Crippen LogP contribution in [0.2, 0.25) is 0 Å². The molecule has 0 unspecified atom stereocenters. The van der Waals surface area contributed by atoms with Gasteiger partial charge in [-0.25, -0.2) is 5.43 Å². The van der Waals surface area contributed by atoms with Crippen molar-refractivity contribution in [1.82, 2.24) is 10.4 Å². The SMILES string of the molecule is O=C(CCl)N1CCCCN1. The van der Waals surface area contributed by atoms with Gasteiger partial charge in [0.15, 0.2) is 0 Å². The highest BCUT2D eigenvalue weighted by molar-refractivity contribution is 6.27. The summed E-state index contributed by atoms with van der Waals surface area (Å²) in [5.41, 5.74) is 2.97. The van der Waals surface area contributed by atoms with Crippen LogP contribution in [0, 0.1) is 0 Å². The molecule has 0 spiro atoms. The van der Waals surface area contributed by atoms with E-state index in [0.717, 1.165) is 25.9 Å². The third-order valence-corrected chi connectivity index (χ3v) is 1.76. The average Bonchev–Trinajstić information content (AvgIpc) is 2.05. The van der Waals surface area contributed by atoms with Crippen molar-refractivity contribution >= 4 is 17.5 Å². The number of halogens is 1. The number of nitrogens with zero attached hydrogens (tertiary/aromatic N) is 1. The van der Waals surface area contributed by atoms with E-state index in [0.29, 0.717) is 0 Å². The van der Waals surface area contributed by atoms with E-state index in [2.05, 4.69) is 5.43 Å². The zero-order valence-corrected chi connectivity index (χ0v) is 6.52. The van der Waals surface area contributed by atoms with E-state index in [-0.39, 0.29) is 11.8 Å². The molecule has 0 bridgehead atoms. The van der Waals surface area contributed by atoms with Crippen LogP contribution in [0.3, 0.4) is 0 Å². The Kier molecular flexibility index (Phi) is 2.96. The lowest BCUT2D eigenvalue weighted by Gasteiger charge is -2.26. The summed E-state index contributed by atoms with van der Waals surface area (Å²) in [5.74, 6) is 0.0499.